The minimum absolute atomic E-state index is 0.103. The number of benzene rings is 2. The van der Waals surface area contributed by atoms with E-state index < -0.39 is 28.5 Å². The topological polar surface area (TPSA) is 96.0 Å². The average molecular weight is 550 g/mol. The smallest absolute Gasteiger partial charge is 0.244 e. The van der Waals surface area contributed by atoms with Crippen molar-refractivity contribution in [2.24, 2.45) is 0 Å². The van der Waals surface area contributed by atoms with E-state index in [4.69, 9.17) is 16.3 Å². The van der Waals surface area contributed by atoms with Gasteiger partial charge in [-0.2, -0.15) is 0 Å². The highest BCUT2D eigenvalue weighted by molar-refractivity contribution is 7.92. The molecule has 2 amide bonds. The summed E-state index contributed by atoms with van der Waals surface area (Å²) >= 11 is 6.25. The Morgan fingerprint density at radius 2 is 1.84 bits per heavy atom. The first kappa shape index (κ1) is 28.8. The lowest BCUT2D eigenvalue weighted by atomic mass is 10.1. The van der Waals surface area contributed by atoms with Crippen molar-refractivity contribution in [1.29, 1.82) is 0 Å². The molecule has 2 aromatic rings. The minimum Gasteiger partial charge on any atom is -0.495 e. The molecule has 202 valence electrons. The van der Waals surface area contributed by atoms with E-state index in [1.54, 1.807) is 6.07 Å². The van der Waals surface area contributed by atoms with Gasteiger partial charge in [-0.1, -0.05) is 55.6 Å². The highest BCUT2D eigenvalue weighted by Gasteiger charge is 2.33. The number of nitrogens with zero attached hydrogens (tertiary/aromatic N) is 2. The van der Waals surface area contributed by atoms with E-state index in [-0.39, 0.29) is 29.2 Å². The SMILES string of the molecule is CC[C@H](C(=O)NC1CCCC1)N(Cc1ccccc1C)C(=O)CN(c1ccc(OC)c(Cl)c1)S(C)(=O)=O. The molecule has 1 aliphatic rings. The Morgan fingerprint density at radius 3 is 2.41 bits per heavy atom. The summed E-state index contributed by atoms with van der Waals surface area (Å²) in [5.74, 6) is -0.301. The number of sulfonamides is 1. The number of methoxy groups -OCH3 is 1. The van der Waals surface area contributed by atoms with Crippen LogP contribution in [0.2, 0.25) is 5.02 Å². The van der Waals surface area contributed by atoms with Crippen LogP contribution in [0.4, 0.5) is 5.69 Å². The van der Waals surface area contributed by atoms with Crippen LogP contribution in [0.5, 0.6) is 5.75 Å². The lowest BCUT2D eigenvalue weighted by Crippen LogP contribution is -2.53. The van der Waals surface area contributed by atoms with Crippen molar-refractivity contribution in [3.05, 3.63) is 58.6 Å². The van der Waals surface area contributed by atoms with Crippen molar-refractivity contribution in [2.75, 3.05) is 24.2 Å². The molecule has 37 heavy (non-hydrogen) atoms. The van der Waals surface area contributed by atoms with E-state index in [1.807, 2.05) is 38.1 Å². The van der Waals surface area contributed by atoms with Crippen molar-refractivity contribution in [3.8, 4) is 5.75 Å². The molecule has 0 bridgehead atoms. The van der Waals surface area contributed by atoms with Gasteiger partial charge in [0.1, 0.15) is 18.3 Å². The second-order valence-electron chi connectivity index (χ2n) is 9.45. The van der Waals surface area contributed by atoms with Gasteiger partial charge >= 0.3 is 0 Å². The monoisotopic (exact) mass is 549 g/mol. The highest BCUT2D eigenvalue weighted by atomic mass is 35.5. The number of carbonyl (C=O) groups excluding carboxylic acids is 2. The third-order valence-corrected chi connectivity index (χ3v) is 8.23. The molecule has 1 fully saturated rings. The number of hydrogen-bond donors (Lipinski definition) is 1. The number of aryl methyl sites for hydroxylation is 1. The van der Waals surface area contributed by atoms with Crippen LogP contribution < -0.4 is 14.4 Å². The molecule has 0 heterocycles. The normalized spacial score (nSPS) is 14.7. The van der Waals surface area contributed by atoms with E-state index >= 15 is 0 Å². The molecule has 2 aromatic carbocycles. The van der Waals surface area contributed by atoms with Gasteiger partial charge in [-0.05, 0) is 55.5 Å². The van der Waals surface area contributed by atoms with Gasteiger partial charge in [0, 0.05) is 12.6 Å². The predicted molar refractivity (Wildman–Crippen MR) is 146 cm³/mol. The first-order valence-corrected chi connectivity index (χ1v) is 14.7. The van der Waals surface area contributed by atoms with Crippen molar-refractivity contribution in [1.82, 2.24) is 10.2 Å². The van der Waals surface area contributed by atoms with Crippen LogP contribution in [0.15, 0.2) is 42.5 Å². The van der Waals surface area contributed by atoms with E-state index in [0.717, 1.165) is 47.4 Å². The molecule has 1 aliphatic carbocycles. The van der Waals surface area contributed by atoms with Gasteiger partial charge in [0.15, 0.2) is 0 Å². The van der Waals surface area contributed by atoms with E-state index in [2.05, 4.69) is 5.32 Å². The lowest BCUT2D eigenvalue weighted by molar-refractivity contribution is -0.140. The molecule has 0 spiro atoms. The van der Waals surface area contributed by atoms with Crippen LogP contribution in [0.1, 0.15) is 50.2 Å². The van der Waals surface area contributed by atoms with E-state index in [0.29, 0.717) is 12.2 Å². The fourth-order valence-electron chi connectivity index (χ4n) is 4.68. The summed E-state index contributed by atoms with van der Waals surface area (Å²) in [5, 5.41) is 3.33. The minimum atomic E-state index is -3.85. The van der Waals surface area contributed by atoms with Crippen molar-refractivity contribution >= 4 is 39.1 Å². The quantitative estimate of drug-likeness (QED) is 0.451. The van der Waals surface area contributed by atoms with Gasteiger partial charge in [0.05, 0.1) is 24.1 Å². The Morgan fingerprint density at radius 1 is 1.16 bits per heavy atom. The number of hydrogen-bond acceptors (Lipinski definition) is 5. The molecule has 8 nitrogen and oxygen atoms in total. The molecule has 0 unspecified atom stereocenters. The Bertz CT molecular complexity index is 1210. The van der Waals surface area contributed by atoms with E-state index in [1.165, 1.54) is 24.1 Å². The number of amides is 2. The molecule has 0 radical (unpaired) electrons. The molecule has 1 atom stereocenters. The largest absolute Gasteiger partial charge is 0.495 e. The summed E-state index contributed by atoms with van der Waals surface area (Å²) in [6, 6.07) is 11.5. The Hall–Kier alpha value is -2.78. The second-order valence-corrected chi connectivity index (χ2v) is 11.8. The fraction of sp³-hybridized carbons (Fsp3) is 0.481. The number of anilines is 1. The maximum Gasteiger partial charge on any atom is 0.244 e. The van der Waals surface area contributed by atoms with Gasteiger partial charge < -0.3 is 15.0 Å². The van der Waals surface area contributed by atoms with Crippen LogP contribution in [-0.2, 0) is 26.2 Å². The molecule has 0 aromatic heterocycles. The van der Waals surface area contributed by atoms with Crippen LogP contribution >= 0.6 is 11.6 Å². The van der Waals surface area contributed by atoms with Gasteiger partial charge in [-0.3, -0.25) is 13.9 Å². The third kappa shape index (κ3) is 7.38. The predicted octanol–water partition coefficient (Wildman–Crippen LogP) is 4.29. The maximum atomic E-state index is 13.8. The fourth-order valence-corrected chi connectivity index (χ4v) is 5.78. The Balaban J connectivity index is 1.95. The standard InChI is InChI=1S/C27H36ClN3O5S/c1-5-24(27(33)29-21-12-8-9-13-21)30(17-20-11-7-6-10-19(20)2)26(32)18-31(37(4,34)35)22-14-15-25(36-3)23(28)16-22/h6-7,10-11,14-16,21,24H,5,8-9,12-13,17-18H2,1-4H3,(H,29,33)/t24-/m1/s1. The summed E-state index contributed by atoms with van der Waals surface area (Å²) in [4.78, 5) is 28.7. The van der Waals surface area contributed by atoms with Crippen LogP contribution in [0.25, 0.3) is 0 Å². The molecular formula is C27H36ClN3O5S. The van der Waals surface area contributed by atoms with Crippen LogP contribution in [0.3, 0.4) is 0 Å². The summed E-state index contributed by atoms with van der Waals surface area (Å²) in [7, 11) is -2.39. The molecule has 1 N–H and O–H groups in total. The first-order valence-electron chi connectivity index (χ1n) is 12.5. The molecular weight excluding hydrogens is 514 g/mol. The molecule has 0 aliphatic heterocycles. The third-order valence-electron chi connectivity index (χ3n) is 6.79. The van der Waals surface area contributed by atoms with Gasteiger partial charge in [0.25, 0.3) is 0 Å². The zero-order valence-corrected chi connectivity index (χ0v) is 23.4. The Labute approximate surface area is 225 Å². The zero-order chi connectivity index (χ0) is 27.2. The summed E-state index contributed by atoms with van der Waals surface area (Å²) in [6.07, 6.45) is 5.42. The molecule has 3 rings (SSSR count). The number of rotatable bonds is 11. The summed E-state index contributed by atoms with van der Waals surface area (Å²) in [6.45, 7) is 3.51. The average Bonchev–Trinajstić information content (AvgIpc) is 3.35. The Kier molecular flexibility index (Phi) is 9.84. The summed E-state index contributed by atoms with van der Waals surface area (Å²) in [5.41, 5.74) is 2.11. The van der Waals surface area contributed by atoms with Crippen LogP contribution in [-0.4, -0.2) is 57.1 Å². The number of carbonyl (C=O) groups is 2. The molecule has 0 saturated heterocycles. The maximum absolute atomic E-state index is 13.8. The highest BCUT2D eigenvalue weighted by Crippen LogP contribution is 2.30. The molecule has 10 heteroatoms. The van der Waals surface area contributed by atoms with Crippen LogP contribution in [0, 0.1) is 6.92 Å². The molecule has 1 saturated carbocycles. The number of nitrogens with one attached hydrogen (secondary N) is 1. The number of halogens is 1. The first-order chi connectivity index (χ1) is 17.5. The van der Waals surface area contributed by atoms with E-state index in [9.17, 15) is 18.0 Å². The van der Waals surface area contributed by atoms with Crippen molar-refractivity contribution in [2.45, 2.75) is 64.6 Å². The van der Waals surface area contributed by atoms with Crippen molar-refractivity contribution in [3.63, 3.8) is 0 Å². The number of ether oxygens (including phenoxy) is 1. The van der Waals surface area contributed by atoms with Gasteiger partial charge in [-0.15, -0.1) is 0 Å². The lowest BCUT2D eigenvalue weighted by Gasteiger charge is -2.33. The second kappa shape index (κ2) is 12.6. The zero-order valence-electron chi connectivity index (χ0n) is 21.9. The van der Waals surface area contributed by atoms with Crippen molar-refractivity contribution < 1.29 is 22.7 Å². The van der Waals surface area contributed by atoms with Gasteiger partial charge in [0.2, 0.25) is 21.8 Å². The van der Waals surface area contributed by atoms with Gasteiger partial charge in [-0.25, -0.2) is 8.42 Å². The summed E-state index contributed by atoms with van der Waals surface area (Å²) < 4.78 is 31.7.